The summed E-state index contributed by atoms with van der Waals surface area (Å²) in [5.74, 6) is -0.983. The van der Waals surface area contributed by atoms with Gasteiger partial charge in [0.25, 0.3) is 0 Å². The smallest absolute Gasteiger partial charge is 0.335 e. The van der Waals surface area contributed by atoms with Crippen molar-refractivity contribution in [3.63, 3.8) is 0 Å². The van der Waals surface area contributed by atoms with Gasteiger partial charge in [0, 0.05) is 6.04 Å². The molecule has 0 aliphatic heterocycles. The first-order chi connectivity index (χ1) is 7.61. The average Bonchev–Trinajstić information content (AvgIpc) is 2.99. The van der Waals surface area contributed by atoms with Crippen LogP contribution >= 0.6 is 0 Å². The predicted octanol–water partition coefficient (Wildman–Crippen LogP) is 2.73. The van der Waals surface area contributed by atoms with E-state index in [4.69, 9.17) is 5.11 Å². The molecule has 1 aliphatic carbocycles. The van der Waals surface area contributed by atoms with Crippen molar-refractivity contribution in [1.29, 1.82) is 0 Å². The SMILES string of the molecule is CCC1CC1Nc1ccc(C(=O)O)cc1F. The molecule has 0 aromatic heterocycles. The second-order valence-electron chi connectivity index (χ2n) is 4.15. The molecule has 2 rings (SSSR count). The predicted molar refractivity (Wildman–Crippen MR) is 59.2 cm³/mol. The summed E-state index contributed by atoms with van der Waals surface area (Å²) < 4.78 is 13.5. The van der Waals surface area contributed by atoms with Crippen LogP contribution in [0.1, 0.15) is 30.1 Å². The first-order valence-corrected chi connectivity index (χ1v) is 5.41. The molecule has 3 nitrogen and oxygen atoms in total. The number of halogens is 1. The number of aromatic carboxylic acids is 1. The van der Waals surface area contributed by atoms with E-state index in [0.717, 1.165) is 18.9 Å². The molecular weight excluding hydrogens is 209 g/mol. The van der Waals surface area contributed by atoms with Crippen molar-refractivity contribution in [2.24, 2.45) is 5.92 Å². The molecule has 0 radical (unpaired) electrons. The maximum atomic E-state index is 13.5. The molecule has 16 heavy (non-hydrogen) atoms. The zero-order valence-electron chi connectivity index (χ0n) is 9.03. The minimum absolute atomic E-state index is 0.0223. The van der Waals surface area contributed by atoms with Gasteiger partial charge >= 0.3 is 5.97 Å². The molecule has 0 spiro atoms. The quantitative estimate of drug-likeness (QED) is 0.825. The Hall–Kier alpha value is -1.58. The van der Waals surface area contributed by atoms with E-state index in [-0.39, 0.29) is 5.56 Å². The Balaban J connectivity index is 2.08. The topological polar surface area (TPSA) is 49.3 Å². The average molecular weight is 223 g/mol. The normalized spacial score (nSPS) is 22.9. The third-order valence-corrected chi connectivity index (χ3v) is 3.00. The van der Waals surface area contributed by atoms with Crippen LogP contribution in [-0.4, -0.2) is 17.1 Å². The first-order valence-electron chi connectivity index (χ1n) is 5.41. The van der Waals surface area contributed by atoms with Crippen molar-refractivity contribution in [3.05, 3.63) is 29.6 Å². The van der Waals surface area contributed by atoms with Crippen LogP contribution in [0.5, 0.6) is 0 Å². The van der Waals surface area contributed by atoms with Gasteiger partial charge < -0.3 is 10.4 Å². The number of carboxylic acids is 1. The lowest BCUT2D eigenvalue weighted by Gasteiger charge is -2.07. The largest absolute Gasteiger partial charge is 0.478 e. The molecule has 0 heterocycles. The number of carbonyl (C=O) groups is 1. The molecule has 2 unspecified atom stereocenters. The van der Waals surface area contributed by atoms with Crippen molar-refractivity contribution in [2.45, 2.75) is 25.8 Å². The molecule has 1 saturated carbocycles. The Labute approximate surface area is 93.3 Å². The van der Waals surface area contributed by atoms with Gasteiger partial charge in [0.05, 0.1) is 11.3 Å². The third-order valence-electron chi connectivity index (χ3n) is 3.00. The minimum atomic E-state index is -1.11. The Bertz CT molecular complexity index is 419. The van der Waals surface area contributed by atoms with Crippen molar-refractivity contribution < 1.29 is 14.3 Å². The van der Waals surface area contributed by atoms with Gasteiger partial charge in [-0.2, -0.15) is 0 Å². The Morgan fingerprint density at radius 3 is 2.88 bits per heavy atom. The molecule has 0 amide bonds. The van der Waals surface area contributed by atoms with Crippen LogP contribution in [0, 0.1) is 11.7 Å². The van der Waals surface area contributed by atoms with Crippen molar-refractivity contribution in [3.8, 4) is 0 Å². The molecule has 2 N–H and O–H groups in total. The fraction of sp³-hybridized carbons (Fsp3) is 0.417. The van der Waals surface area contributed by atoms with E-state index in [0.29, 0.717) is 17.6 Å². The zero-order valence-corrected chi connectivity index (χ0v) is 9.03. The summed E-state index contributed by atoms with van der Waals surface area (Å²) in [5, 5.41) is 11.8. The lowest BCUT2D eigenvalue weighted by Crippen LogP contribution is -2.07. The van der Waals surface area contributed by atoms with Crippen LogP contribution in [0.15, 0.2) is 18.2 Å². The van der Waals surface area contributed by atoms with Crippen LogP contribution in [-0.2, 0) is 0 Å². The van der Waals surface area contributed by atoms with E-state index >= 15 is 0 Å². The van der Waals surface area contributed by atoms with Crippen LogP contribution in [0.3, 0.4) is 0 Å². The summed E-state index contributed by atoms with van der Waals surface area (Å²) in [5.41, 5.74) is 0.372. The lowest BCUT2D eigenvalue weighted by molar-refractivity contribution is 0.0696. The van der Waals surface area contributed by atoms with Gasteiger partial charge in [-0.15, -0.1) is 0 Å². The number of anilines is 1. The molecule has 0 bridgehead atoms. The monoisotopic (exact) mass is 223 g/mol. The van der Waals surface area contributed by atoms with Crippen molar-refractivity contribution in [2.75, 3.05) is 5.32 Å². The second-order valence-corrected chi connectivity index (χ2v) is 4.15. The first kappa shape index (κ1) is 10.9. The molecule has 1 aromatic carbocycles. The van der Waals surface area contributed by atoms with Crippen molar-refractivity contribution >= 4 is 11.7 Å². The van der Waals surface area contributed by atoms with E-state index in [2.05, 4.69) is 12.2 Å². The Morgan fingerprint density at radius 1 is 1.62 bits per heavy atom. The highest BCUT2D eigenvalue weighted by molar-refractivity contribution is 5.88. The zero-order chi connectivity index (χ0) is 11.7. The minimum Gasteiger partial charge on any atom is -0.478 e. The van der Waals surface area contributed by atoms with Crippen LogP contribution in [0.4, 0.5) is 10.1 Å². The lowest BCUT2D eigenvalue weighted by atomic mass is 10.2. The number of hydrogen-bond donors (Lipinski definition) is 2. The van der Waals surface area contributed by atoms with E-state index < -0.39 is 11.8 Å². The van der Waals surface area contributed by atoms with Gasteiger partial charge in [-0.05, 0) is 30.5 Å². The van der Waals surface area contributed by atoms with E-state index in [1.807, 2.05) is 0 Å². The number of rotatable bonds is 4. The highest BCUT2D eigenvalue weighted by Gasteiger charge is 2.35. The summed E-state index contributed by atoms with van der Waals surface area (Å²) >= 11 is 0. The molecule has 2 atom stereocenters. The fourth-order valence-electron chi connectivity index (χ4n) is 1.84. The molecule has 1 aliphatic rings. The number of nitrogens with one attached hydrogen (secondary N) is 1. The fourth-order valence-corrected chi connectivity index (χ4v) is 1.84. The number of benzene rings is 1. The maximum Gasteiger partial charge on any atom is 0.335 e. The van der Waals surface area contributed by atoms with E-state index in [1.54, 1.807) is 0 Å². The summed E-state index contributed by atoms with van der Waals surface area (Å²) in [6.45, 7) is 2.11. The van der Waals surface area contributed by atoms with E-state index in [9.17, 15) is 9.18 Å². The van der Waals surface area contributed by atoms with Crippen LogP contribution in [0.25, 0.3) is 0 Å². The summed E-state index contributed by atoms with van der Waals surface area (Å²) in [6.07, 6.45) is 2.16. The summed E-state index contributed by atoms with van der Waals surface area (Å²) in [7, 11) is 0. The molecule has 4 heteroatoms. The van der Waals surface area contributed by atoms with Gasteiger partial charge in [0.15, 0.2) is 0 Å². The molecular formula is C12H14FNO2. The molecule has 1 fully saturated rings. The van der Waals surface area contributed by atoms with Gasteiger partial charge in [-0.25, -0.2) is 9.18 Å². The summed E-state index contributed by atoms with van der Waals surface area (Å²) in [4.78, 5) is 10.6. The van der Waals surface area contributed by atoms with Gasteiger partial charge in [-0.1, -0.05) is 13.3 Å². The van der Waals surface area contributed by atoms with E-state index in [1.165, 1.54) is 12.1 Å². The number of hydrogen-bond acceptors (Lipinski definition) is 2. The Morgan fingerprint density at radius 2 is 2.38 bits per heavy atom. The highest BCUT2D eigenvalue weighted by atomic mass is 19.1. The molecule has 86 valence electrons. The van der Waals surface area contributed by atoms with Crippen LogP contribution < -0.4 is 5.32 Å². The Kier molecular flexibility index (Phi) is 2.81. The van der Waals surface area contributed by atoms with Gasteiger partial charge in [0.1, 0.15) is 5.82 Å². The maximum absolute atomic E-state index is 13.5. The van der Waals surface area contributed by atoms with Gasteiger partial charge in [-0.3, -0.25) is 0 Å². The summed E-state index contributed by atoms with van der Waals surface area (Å²) in [6, 6.07) is 4.30. The molecule has 0 saturated heterocycles. The van der Waals surface area contributed by atoms with Crippen molar-refractivity contribution in [1.82, 2.24) is 0 Å². The highest BCUT2D eigenvalue weighted by Crippen LogP contribution is 2.36. The second kappa shape index (κ2) is 4.12. The van der Waals surface area contributed by atoms with Gasteiger partial charge in [0.2, 0.25) is 0 Å². The number of carboxylic acid groups (broad SMARTS) is 1. The van der Waals surface area contributed by atoms with Crippen LogP contribution in [0.2, 0.25) is 0 Å². The standard InChI is InChI=1S/C12H14FNO2/c1-2-7-6-11(7)14-10-4-3-8(12(15)16)5-9(10)13/h3-5,7,11,14H,2,6H2,1H3,(H,15,16). The third kappa shape index (κ3) is 2.15. The molecule has 1 aromatic rings.